The molecule has 17 heavy (non-hydrogen) atoms. The van der Waals surface area contributed by atoms with E-state index in [2.05, 4.69) is 19.2 Å². The first-order valence-corrected chi connectivity index (χ1v) is 7.10. The van der Waals surface area contributed by atoms with Crippen molar-refractivity contribution in [1.29, 1.82) is 0 Å². The van der Waals surface area contributed by atoms with Crippen molar-refractivity contribution in [2.24, 2.45) is 5.92 Å². The lowest BCUT2D eigenvalue weighted by Crippen LogP contribution is -2.24. The maximum Gasteiger partial charge on any atom is 0.305 e. The van der Waals surface area contributed by atoms with Crippen LogP contribution in [0.1, 0.15) is 59.3 Å². The quantitative estimate of drug-likeness (QED) is 0.447. The average Bonchev–Trinajstić information content (AvgIpc) is 2.33. The summed E-state index contributed by atoms with van der Waals surface area (Å²) < 4.78 is 4.88. The third kappa shape index (κ3) is 10.3. The van der Waals surface area contributed by atoms with Crippen molar-refractivity contribution in [3.63, 3.8) is 0 Å². The summed E-state index contributed by atoms with van der Waals surface area (Å²) in [4.78, 5) is 11.1. The van der Waals surface area contributed by atoms with Crippen LogP contribution in [0.4, 0.5) is 0 Å². The Morgan fingerprint density at radius 1 is 1.24 bits per heavy atom. The Morgan fingerprint density at radius 2 is 2.00 bits per heavy atom. The summed E-state index contributed by atoms with van der Waals surface area (Å²) in [6.45, 7) is 8.82. The fraction of sp³-hybridized carbons (Fsp3) is 0.929. The molecule has 0 bridgehead atoms. The third-order valence-electron chi connectivity index (χ3n) is 3.02. The highest BCUT2D eigenvalue weighted by atomic mass is 16.5. The molecule has 0 saturated carbocycles. The number of carbonyl (C=O) groups excluding carboxylic acids is 1. The van der Waals surface area contributed by atoms with Gasteiger partial charge in [-0.25, -0.2) is 0 Å². The molecule has 0 aromatic heterocycles. The highest BCUT2D eigenvalue weighted by Gasteiger charge is 2.05. The Bertz CT molecular complexity index is 183. The van der Waals surface area contributed by atoms with Crippen molar-refractivity contribution >= 4 is 5.97 Å². The van der Waals surface area contributed by atoms with Crippen LogP contribution in [-0.2, 0) is 9.53 Å². The summed E-state index contributed by atoms with van der Waals surface area (Å²) in [6.07, 6.45) is 6.57. The molecule has 0 aromatic rings. The molecule has 1 N–H and O–H groups in total. The summed E-state index contributed by atoms with van der Waals surface area (Å²) in [6, 6.07) is 0. The zero-order chi connectivity index (χ0) is 12.9. The minimum absolute atomic E-state index is 0.0766. The van der Waals surface area contributed by atoms with Crippen LogP contribution in [0.5, 0.6) is 0 Å². The van der Waals surface area contributed by atoms with Crippen molar-refractivity contribution in [2.75, 3.05) is 19.7 Å². The Balaban J connectivity index is 3.39. The summed E-state index contributed by atoms with van der Waals surface area (Å²) in [5.74, 6) is 0.713. The second-order valence-electron chi connectivity index (χ2n) is 4.53. The molecular formula is C14H29NO2. The first-order valence-electron chi connectivity index (χ1n) is 7.10. The van der Waals surface area contributed by atoms with Gasteiger partial charge < -0.3 is 10.1 Å². The summed E-state index contributed by atoms with van der Waals surface area (Å²) >= 11 is 0. The largest absolute Gasteiger partial charge is 0.466 e. The molecule has 0 aliphatic carbocycles. The zero-order valence-electron chi connectivity index (χ0n) is 11.8. The van der Waals surface area contributed by atoms with Gasteiger partial charge in [0.2, 0.25) is 0 Å². The van der Waals surface area contributed by atoms with Crippen LogP contribution < -0.4 is 5.32 Å². The molecule has 0 rings (SSSR count). The molecule has 0 spiro atoms. The number of ether oxygens (including phenoxy) is 1. The first-order chi connectivity index (χ1) is 8.24. The molecule has 1 atom stereocenters. The highest BCUT2D eigenvalue weighted by molar-refractivity contribution is 5.69. The molecule has 3 heteroatoms. The van der Waals surface area contributed by atoms with E-state index in [9.17, 15) is 4.79 Å². The highest BCUT2D eigenvalue weighted by Crippen LogP contribution is 2.11. The molecule has 102 valence electrons. The van der Waals surface area contributed by atoms with Crippen LogP contribution in [0, 0.1) is 5.92 Å². The summed E-state index contributed by atoms with van der Waals surface area (Å²) in [7, 11) is 0. The van der Waals surface area contributed by atoms with Crippen LogP contribution in [0.25, 0.3) is 0 Å². The van der Waals surface area contributed by atoms with Gasteiger partial charge in [-0.2, -0.15) is 0 Å². The van der Waals surface area contributed by atoms with Gasteiger partial charge in [-0.05, 0) is 38.8 Å². The van der Waals surface area contributed by atoms with Gasteiger partial charge in [0.1, 0.15) is 0 Å². The van der Waals surface area contributed by atoms with E-state index in [1.807, 2.05) is 6.92 Å². The van der Waals surface area contributed by atoms with Crippen LogP contribution >= 0.6 is 0 Å². The van der Waals surface area contributed by atoms with Crippen molar-refractivity contribution in [1.82, 2.24) is 5.32 Å². The van der Waals surface area contributed by atoms with E-state index in [4.69, 9.17) is 4.74 Å². The number of carbonyl (C=O) groups is 1. The number of rotatable bonds is 11. The van der Waals surface area contributed by atoms with E-state index in [1.165, 1.54) is 25.7 Å². The predicted molar refractivity (Wildman–Crippen MR) is 72.0 cm³/mol. The minimum atomic E-state index is -0.0766. The van der Waals surface area contributed by atoms with Gasteiger partial charge in [0.05, 0.1) is 6.61 Å². The van der Waals surface area contributed by atoms with E-state index < -0.39 is 0 Å². The van der Waals surface area contributed by atoms with Crippen LogP contribution in [0.2, 0.25) is 0 Å². The zero-order valence-corrected chi connectivity index (χ0v) is 11.8. The number of hydrogen-bond acceptors (Lipinski definition) is 3. The minimum Gasteiger partial charge on any atom is -0.466 e. The monoisotopic (exact) mass is 243 g/mol. The normalized spacial score (nSPS) is 12.4. The number of hydrogen-bond donors (Lipinski definition) is 1. The van der Waals surface area contributed by atoms with E-state index in [0.717, 1.165) is 25.4 Å². The molecular weight excluding hydrogens is 214 g/mol. The molecule has 0 aliphatic rings. The fourth-order valence-electron chi connectivity index (χ4n) is 1.84. The molecule has 0 aromatic carbocycles. The van der Waals surface area contributed by atoms with Gasteiger partial charge in [0, 0.05) is 6.42 Å². The second-order valence-corrected chi connectivity index (χ2v) is 4.53. The molecule has 0 amide bonds. The van der Waals surface area contributed by atoms with Crippen LogP contribution in [-0.4, -0.2) is 25.7 Å². The van der Waals surface area contributed by atoms with Crippen molar-refractivity contribution in [3.05, 3.63) is 0 Å². The summed E-state index contributed by atoms with van der Waals surface area (Å²) in [5, 5.41) is 3.43. The maximum atomic E-state index is 11.1. The van der Waals surface area contributed by atoms with Gasteiger partial charge in [0.25, 0.3) is 0 Å². The maximum absolute atomic E-state index is 11.1. The Morgan fingerprint density at radius 3 is 2.59 bits per heavy atom. The van der Waals surface area contributed by atoms with Gasteiger partial charge in [-0.1, -0.05) is 33.1 Å². The van der Waals surface area contributed by atoms with Gasteiger partial charge in [0.15, 0.2) is 0 Å². The molecule has 0 saturated heterocycles. The standard InChI is InChI=1S/C14H29NO2/c1-4-7-9-13(5-2)12-15-11-8-10-14(16)17-6-3/h13,15H,4-12H2,1-3H3. The number of unbranched alkanes of at least 4 members (excludes halogenated alkanes) is 1. The Kier molecular flexibility index (Phi) is 11.5. The molecule has 3 nitrogen and oxygen atoms in total. The molecule has 0 fully saturated rings. The Hall–Kier alpha value is -0.570. The third-order valence-corrected chi connectivity index (χ3v) is 3.02. The van der Waals surface area contributed by atoms with E-state index in [0.29, 0.717) is 13.0 Å². The Labute approximate surface area is 106 Å². The fourth-order valence-corrected chi connectivity index (χ4v) is 1.84. The lowest BCUT2D eigenvalue weighted by atomic mass is 9.99. The number of esters is 1. The molecule has 0 radical (unpaired) electrons. The SMILES string of the molecule is CCCCC(CC)CNCCCC(=O)OCC. The van der Waals surface area contributed by atoms with Crippen molar-refractivity contribution < 1.29 is 9.53 Å². The van der Waals surface area contributed by atoms with Crippen LogP contribution in [0.15, 0.2) is 0 Å². The molecule has 0 heterocycles. The predicted octanol–water partition coefficient (Wildman–Crippen LogP) is 3.14. The van der Waals surface area contributed by atoms with Crippen molar-refractivity contribution in [2.45, 2.75) is 59.3 Å². The average molecular weight is 243 g/mol. The lowest BCUT2D eigenvalue weighted by molar-refractivity contribution is -0.143. The lowest BCUT2D eigenvalue weighted by Gasteiger charge is -2.15. The number of nitrogens with one attached hydrogen (secondary N) is 1. The van der Waals surface area contributed by atoms with E-state index >= 15 is 0 Å². The van der Waals surface area contributed by atoms with Crippen LogP contribution in [0.3, 0.4) is 0 Å². The van der Waals surface area contributed by atoms with Gasteiger partial charge >= 0.3 is 5.97 Å². The smallest absolute Gasteiger partial charge is 0.305 e. The molecule has 0 aliphatic heterocycles. The first kappa shape index (κ1) is 16.4. The van der Waals surface area contributed by atoms with E-state index in [1.54, 1.807) is 0 Å². The topological polar surface area (TPSA) is 38.3 Å². The van der Waals surface area contributed by atoms with E-state index in [-0.39, 0.29) is 5.97 Å². The summed E-state index contributed by atoms with van der Waals surface area (Å²) in [5.41, 5.74) is 0. The van der Waals surface area contributed by atoms with Gasteiger partial charge in [-0.15, -0.1) is 0 Å². The molecule has 1 unspecified atom stereocenters. The van der Waals surface area contributed by atoms with Gasteiger partial charge in [-0.3, -0.25) is 4.79 Å². The van der Waals surface area contributed by atoms with Crippen molar-refractivity contribution in [3.8, 4) is 0 Å². The second kappa shape index (κ2) is 11.9.